The molecule has 1 atom stereocenters. The molecule has 0 bridgehead atoms. The standard InChI is InChI=1S/C14H23N3O/c1-12(9-14-3-2-8-18-14)17-10-13(11-17)16-6-4-15-5-7-16/h2-3,8,12-13,15H,4-7,9-11H2,1H3. The summed E-state index contributed by atoms with van der Waals surface area (Å²) in [5, 5.41) is 3.41. The fourth-order valence-electron chi connectivity index (χ4n) is 2.98. The summed E-state index contributed by atoms with van der Waals surface area (Å²) in [5.74, 6) is 1.10. The van der Waals surface area contributed by atoms with Crippen LogP contribution in [0.15, 0.2) is 22.8 Å². The van der Waals surface area contributed by atoms with Gasteiger partial charge in [0.15, 0.2) is 0 Å². The van der Waals surface area contributed by atoms with Crippen molar-refractivity contribution in [1.82, 2.24) is 15.1 Å². The Morgan fingerprint density at radius 3 is 2.83 bits per heavy atom. The third-order valence-electron chi connectivity index (χ3n) is 4.26. The van der Waals surface area contributed by atoms with Crippen molar-refractivity contribution in [1.29, 1.82) is 0 Å². The Labute approximate surface area is 109 Å². The van der Waals surface area contributed by atoms with Gasteiger partial charge in [0.1, 0.15) is 5.76 Å². The molecule has 4 heteroatoms. The second-order valence-corrected chi connectivity index (χ2v) is 5.53. The van der Waals surface area contributed by atoms with Crippen LogP contribution in [0.2, 0.25) is 0 Å². The van der Waals surface area contributed by atoms with E-state index in [2.05, 4.69) is 28.1 Å². The van der Waals surface area contributed by atoms with E-state index < -0.39 is 0 Å². The minimum Gasteiger partial charge on any atom is -0.469 e. The van der Waals surface area contributed by atoms with Crippen molar-refractivity contribution in [3.05, 3.63) is 24.2 Å². The number of rotatable bonds is 4. The van der Waals surface area contributed by atoms with Crippen LogP contribution in [-0.2, 0) is 6.42 Å². The number of furan rings is 1. The summed E-state index contributed by atoms with van der Waals surface area (Å²) in [5.41, 5.74) is 0. The molecule has 0 aliphatic carbocycles. The maximum absolute atomic E-state index is 5.42. The molecule has 3 heterocycles. The van der Waals surface area contributed by atoms with Crippen molar-refractivity contribution in [2.24, 2.45) is 0 Å². The normalized spacial score (nSPS) is 24.9. The van der Waals surface area contributed by atoms with Crippen LogP contribution in [0.25, 0.3) is 0 Å². The molecule has 2 aliphatic heterocycles. The van der Waals surface area contributed by atoms with E-state index in [1.807, 2.05) is 6.07 Å². The highest BCUT2D eigenvalue weighted by Gasteiger charge is 2.34. The topological polar surface area (TPSA) is 31.7 Å². The van der Waals surface area contributed by atoms with Crippen molar-refractivity contribution in [2.45, 2.75) is 25.4 Å². The monoisotopic (exact) mass is 249 g/mol. The Bertz CT molecular complexity index is 353. The number of nitrogens with one attached hydrogen (secondary N) is 1. The van der Waals surface area contributed by atoms with Crippen LogP contribution in [0.1, 0.15) is 12.7 Å². The predicted octanol–water partition coefficient (Wildman–Crippen LogP) is 0.800. The van der Waals surface area contributed by atoms with Gasteiger partial charge in [-0.15, -0.1) is 0 Å². The van der Waals surface area contributed by atoms with Crippen molar-refractivity contribution in [3.63, 3.8) is 0 Å². The first-order chi connectivity index (χ1) is 8.83. The van der Waals surface area contributed by atoms with Gasteiger partial charge in [-0.2, -0.15) is 0 Å². The molecular formula is C14H23N3O. The van der Waals surface area contributed by atoms with Gasteiger partial charge in [-0.1, -0.05) is 0 Å². The lowest BCUT2D eigenvalue weighted by Gasteiger charge is -2.49. The van der Waals surface area contributed by atoms with E-state index in [-0.39, 0.29) is 0 Å². The fourth-order valence-corrected chi connectivity index (χ4v) is 2.98. The fraction of sp³-hybridized carbons (Fsp3) is 0.714. The lowest BCUT2D eigenvalue weighted by atomic mass is 10.0. The maximum Gasteiger partial charge on any atom is 0.105 e. The Morgan fingerprint density at radius 2 is 2.17 bits per heavy atom. The van der Waals surface area contributed by atoms with E-state index in [1.54, 1.807) is 6.26 Å². The third kappa shape index (κ3) is 2.60. The van der Waals surface area contributed by atoms with Gasteiger partial charge in [0, 0.05) is 57.8 Å². The summed E-state index contributed by atoms with van der Waals surface area (Å²) >= 11 is 0. The summed E-state index contributed by atoms with van der Waals surface area (Å²) in [4.78, 5) is 5.20. The molecule has 2 saturated heterocycles. The quantitative estimate of drug-likeness (QED) is 0.855. The molecule has 0 aromatic carbocycles. The van der Waals surface area contributed by atoms with E-state index in [1.165, 1.54) is 26.2 Å². The summed E-state index contributed by atoms with van der Waals surface area (Å²) in [6, 6.07) is 5.42. The first kappa shape index (κ1) is 12.2. The van der Waals surface area contributed by atoms with Crippen molar-refractivity contribution < 1.29 is 4.42 Å². The van der Waals surface area contributed by atoms with E-state index in [0.717, 1.165) is 31.3 Å². The van der Waals surface area contributed by atoms with Crippen molar-refractivity contribution in [3.8, 4) is 0 Å². The SMILES string of the molecule is CC(Cc1ccco1)N1CC(N2CCNCC2)C1. The van der Waals surface area contributed by atoms with Gasteiger partial charge in [0.05, 0.1) is 6.26 Å². The lowest BCUT2D eigenvalue weighted by Crippen LogP contribution is -2.64. The van der Waals surface area contributed by atoms with Crippen LogP contribution in [0.5, 0.6) is 0 Å². The van der Waals surface area contributed by atoms with Crippen LogP contribution in [0.4, 0.5) is 0 Å². The van der Waals surface area contributed by atoms with Gasteiger partial charge in [-0.25, -0.2) is 0 Å². The molecule has 0 amide bonds. The highest BCUT2D eigenvalue weighted by molar-refractivity contribution is 5.02. The van der Waals surface area contributed by atoms with Gasteiger partial charge in [0.2, 0.25) is 0 Å². The van der Waals surface area contributed by atoms with E-state index in [4.69, 9.17) is 4.42 Å². The number of nitrogens with zero attached hydrogens (tertiary/aromatic N) is 2. The minimum atomic E-state index is 0.593. The summed E-state index contributed by atoms with van der Waals surface area (Å²) in [6.07, 6.45) is 2.79. The van der Waals surface area contributed by atoms with E-state index in [0.29, 0.717) is 6.04 Å². The molecule has 1 aromatic heterocycles. The molecule has 100 valence electrons. The molecule has 2 aliphatic rings. The Morgan fingerprint density at radius 1 is 1.39 bits per heavy atom. The van der Waals surface area contributed by atoms with Gasteiger partial charge in [-0.3, -0.25) is 9.80 Å². The first-order valence-electron chi connectivity index (χ1n) is 7.04. The average Bonchev–Trinajstić information content (AvgIpc) is 2.81. The largest absolute Gasteiger partial charge is 0.469 e. The molecule has 3 rings (SSSR count). The number of hydrogen-bond acceptors (Lipinski definition) is 4. The molecule has 0 spiro atoms. The van der Waals surface area contributed by atoms with Crippen LogP contribution < -0.4 is 5.32 Å². The molecule has 0 saturated carbocycles. The van der Waals surface area contributed by atoms with Gasteiger partial charge >= 0.3 is 0 Å². The first-order valence-corrected chi connectivity index (χ1v) is 7.04. The molecule has 1 unspecified atom stereocenters. The second-order valence-electron chi connectivity index (χ2n) is 5.53. The van der Waals surface area contributed by atoms with Crippen LogP contribution in [-0.4, -0.2) is 61.2 Å². The molecule has 1 aromatic rings. The van der Waals surface area contributed by atoms with Crippen molar-refractivity contribution >= 4 is 0 Å². The Kier molecular flexibility index (Phi) is 3.68. The number of hydrogen-bond donors (Lipinski definition) is 1. The maximum atomic E-state index is 5.42. The minimum absolute atomic E-state index is 0.593. The Hall–Kier alpha value is -0.840. The molecule has 1 N–H and O–H groups in total. The molecule has 0 radical (unpaired) electrons. The smallest absolute Gasteiger partial charge is 0.105 e. The zero-order valence-corrected chi connectivity index (χ0v) is 11.1. The zero-order chi connectivity index (χ0) is 12.4. The third-order valence-corrected chi connectivity index (χ3v) is 4.26. The second kappa shape index (κ2) is 5.43. The number of piperazine rings is 1. The molecular weight excluding hydrogens is 226 g/mol. The molecule has 2 fully saturated rings. The van der Waals surface area contributed by atoms with Crippen LogP contribution in [0.3, 0.4) is 0 Å². The lowest BCUT2D eigenvalue weighted by molar-refractivity contribution is 0.00320. The van der Waals surface area contributed by atoms with E-state index >= 15 is 0 Å². The average molecular weight is 249 g/mol. The van der Waals surface area contributed by atoms with E-state index in [9.17, 15) is 0 Å². The summed E-state index contributed by atoms with van der Waals surface area (Å²) in [6.45, 7) is 9.48. The highest BCUT2D eigenvalue weighted by Crippen LogP contribution is 2.20. The summed E-state index contributed by atoms with van der Waals surface area (Å²) in [7, 11) is 0. The molecule has 18 heavy (non-hydrogen) atoms. The number of likely N-dealkylation sites (tertiary alicyclic amines) is 1. The Balaban J connectivity index is 1.43. The van der Waals surface area contributed by atoms with Gasteiger partial charge in [0.25, 0.3) is 0 Å². The van der Waals surface area contributed by atoms with Crippen LogP contribution in [0, 0.1) is 0 Å². The summed E-state index contributed by atoms with van der Waals surface area (Å²) < 4.78 is 5.42. The molecule has 4 nitrogen and oxygen atoms in total. The highest BCUT2D eigenvalue weighted by atomic mass is 16.3. The van der Waals surface area contributed by atoms with Gasteiger partial charge in [-0.05, 0) is 19.1 Å². The van der Waals surface area contributed by atoms with Crippen LogP contribution >= 0.6 is 0 Å². The zero-order valence-electron chi connectivity index (χ0n) is 11.1. The predicted molar refractivity (Wildman–Crippen MR) is 71.7 cm³/mol. The van der Waals surface area contributed by atoms with Gasteiger partial charge < -0.3 is 9.73 Å². The van der Waals surface area contributed by atoms with Crippen molar-refractivity contribution in [2.75, 3.05) is 39.3 Å².